The molecule has 2 atom stereocenters. The first kappa shape index (κ1) is 23.9. The number of halogens is 2. The summed E-state index contributed by atoms with van der Waals surface area (Å²) in [5.74, 6) is 0.131. The molecule has 2 aliphatic rings. The quantitative estimate of drug-likeness (QED) is 0.688. The van der Waals surface area contributed by atoms with Crippen molar-refractivity contribution in [1.29, 1.82) is 0 Å². The maximum absolute atomic E-state index is 14.0. The van der Waals surface area contributed by atoms with E-state index in [-0.39, 0.29) is 23.0 Å². The Morgan fingerprint density at radius 2 is 2.03 bits per heavy atom. The number of piperazine rings is 1. The third-order valence-electron chi connectivity index (χ3n) is 6.30. The zero-order valence-electron chi connectivity index (χ0n) is 19.4. The highest BCUT2D eigenvalue weighted by atomic mass is 35.5. The standard InChI is InChI=1S/C24H31ClFN5O2/c1-15-21-20(13-33-15)28-14-29-22(21)30-6-8-31(9-7-30)23(32)17(12-24(2,3)27)10-16-4-5-18(25)19(26)11-16/h4-5,11,14-15,17H,6-10,12-13,27H2,1-3H3/t15-,17?/m0/s1. The summed E-state index contributed by atoms with van der Waals surface area (Å²) in [7, 11) is 0. The number of amides is 1. The van der Waals surface area contributed by atoms with Gasteiger partial charge < -0.3 is 20.3 Å². The van der Waals surface area contributed by atoms with E-state index in [0.29, 0.717) is 45.6 Å². The number of fused-ring (bicyclic) bond motifs is 1. The maximum atomic E-state index is 14.0. The first-order valence-corrected chi connectivity index (χ1v) is 11.7. The molecule has 1 unspecified atom stereocenters. The molecule has 9 heteroatoms. The van der Waals surface area contributed by atoms with Gasteiger partial charge >= 0.3 is 0 Å². The molecule has 2 aliphatic heterocycles. The third kappa shape index (κ3) is 5.45. The van der Waals surface area contributed by atoms with Crippen LogP contribution in [-0.2, 0) is 22.6 Å². The molecular formula is C24H31ClFN5O2. The van der Waals surface area contributed by atoms with Crippen molar-refractivity contribution in [3.05, 3.63) is 52.2 Å². The summed E-state index contributed by atoms with van der Waals surface area (Å²) >= 11 is 5.82. The zero-order chi connectivity index (χ0) is 23.8. The number of benzene rings is 1. The van der Waals surface area contributed by atoms with Crippen LogP contribution in [0.15, 0.2) is 24.5 Å². The highest BCUT2D eigenvalue weighted by Crippen LogP contribution is 2.35. The zero-order valence-corrected chi connectivity index (χ0v) is 20.1. The number of hydrogen-bond donors (Lipinski definition) is 1. The predicted octanol–water partition coefficient (Wildman–Crippen LogP) is 3.50. The molecule has 0 bridgehead atoms. The topological polar surface area (TPSA) is 84.6 Å². The molecule has 178 valence electrons. The third-order valence-corrected chi connectivity index (χ3v) is 6.61. The molecule has 1 saturated heterocycles. The molecule has 0 radical (unpaired) electrons. The van der Waals surface area contributed by atoms with Gasteiger partial charge in [0, 0.05) is 43.2 Å². The predicted molar refractivity (Wildman–Crippen MR) is 126 cm³/mol. The summed E-state index contributed by atoms with van der Waals surface area (Å²) in [6.45, 7) is 8.86. The van der Waals surface area contributed by atoms with Crippen LogP contribution in [0, 0.1) is 11.7 Å². The fourth-order valence-corrected chi connectivity index (χ4v) is 4.84. The van der Waals surface area contributed by atoms with Crippen molar-refractivity contribution < 1.29 is 13.9 Å². The number of ether oxygens (including phenoxy) is 1. The second-order valence-electron chi connectivity index (χ2n) is 9.67. The Morgan fingerprint density at radius 1 is 1.30 bits per heavy atom. The summed E-state index contributed by atoms with van der Waals surface area (Å²) in [5, 5.41) is 0.0767. The van der Waals surface area contributed by atoms with Gasteiger partial charge in [-0.3, -0.25) is 4.79 Å². The molecule has 4 rings (SSSR count). The molecule has 0 saturated carbocycles. The molecule has 2 aromatic rings. The lowest BCUT2D eigenvalue weighted by atomic mass is 9.86. The van der Waals surface area contributed by atoms with Gasteiger partial charge in [-0.15, -0.1) is 0 Å². The van der Waals surface area contributed by atoms with Crippen molar-refractivity contribution in [2.24, 2.45) is 11.7 Å². The first-order chi connectivity index (χ1) is 15.6. The summed E-state index contributed by atoms with van der Waals surface area (Å²) in [6, 6.07) is 4.71. The Morgan fingerprint density at radius 3 is 2.70 bits per heavy atom. The van der Waals surface area contributed by atoms with Gasteiger partial charge in [0.2, 0.25) is 5.91 Å². The molecule has 2 N–H and O–H groups in total. The monoisotopic (exact) mass is 475 g/mol. The molecule has 7 nitrogen and oxygen atoms in total. The Balaban J connectivity index is 1.46. The lowest BCUT2D eigenvalue weighted by Crippen LogP contribution is -2.52. The number of nitrogens with two attached hydrogens (primary N) is 1. The molecule has 1 aromatic carbocycles. The SMILES string of the molecule is C[C@@H]1OCc2ncnc(N3CCN(C(=O)C(Cc4ccc(Cl)c(F)c4)CC(C)(C)N)CC3)c21. The van der Waals surface area contributed by atoms with Crippen molar-refractivity contribution in [1.82, 2.24) is 14.9 Å². The van der Waals surface area contributed by atoms with E-state index in [1.807, 2.05) is 25.7 Å². The van der Waals surface area contributed by atoms with Crippen LogP contribution >= 0.6 is 11.6 Å². The van der Waals surface area contributed by atoms with Gasteiger partial charge in [0.05, 0.1) is 23.4 Å². The molecular weight excluding hydrogens is 445 g/mol. The second-order valence-corrected chi connectivity index (χ2v) is 10.1. The maximum Gasteiger partial charge on any atom is 0.226 e. The minimum atomic E-state index is -0.523. The lowest BCUT2D eigenvalue weighted by Gasteiger charge is -2.38. The summed E-state index contributed by atoms with van der Waals surface area (Å²) in [5.41, 5.74) is 8.47. The molecule has 1 fully saturated rings. The minimum Gasteiger partial charge on any atom is -0.367 e. The minimum absolute atomic E-state index is 0.0354. The highest BCUT2D eigenvalue weighted by molar-refractivity contribution is 6.30. The summed E-state index contributed by atoms with van der Waals surface area (Å²) < 4.78 is 19.7. The Labute approximate surface area is 199 Å². The van der Waals surface area contributed by atoms with E-state index in [4.69, 9.17) is 22.1 Å². The average Bonchev–Trinajstić information content (AvgIpc) is 3.16. The Bertz CT molecular complexity index is 1020. The van der Waals surface area contributed by atoms with Crippen LogP contribution in [0.5, 0.6) is 0 Å². The van der Waals surface area contributed by atoms with E-state index in [9.17, 15) is 9.18 Å². The average molecular weight is 476 g/mol. The second kappa shape index (κ2) is 9.52. The first-order valence-electron chi connectivity index (χ1n) is 11.3. The number of aromatic nitrogens is 2. The molecule has 0 spiro atoms. The van der Waals surface area contributed by atoms with Gasteiger partial charge in [0.1, 0.15) is 18.0 Å². The van der Waals surface area contributed by atoms with Gasteiger partial charge in [0.25, 0.3) is 0 Å². The number of hydrogen-bond acceptors (Lipinski definition) is 6. The van der Waals surface area contributed by atoms with Crippen LogP contribution in [-0.4, -0.2) is 52.5 Å². The van der Waals surface area contributed by atoms with Gasteiger partial charge in [0.15, 0.2) is 0 Å². The molecule has 3 heterocycles. The highest BCUT2D eigenvalue weighted by Gasteiger charge is 2.33. The molecule has 1 amide bonds. The van der Waals surface area contributed by atoms with Crippen molar-refractivity contribution >= 4 is 23.3 Å². The van der Waals surface area contributed by atoms with E-state index < -0.39 is 11.4 Å². The van der Waals surface area contributed by atoms with E-state index in [0.717, 1.165) is 22.6 Å². The van der Waals surface area contributed by atoms with E-state index in [1.54, 1.807) is 12.4 Å². The van der Waals surface area contributed by atoms with Crippen LogP contribution in [0.3, 0.4) is 0 Å². The molecule has 1 aromatic heterocycles. The number of carbonyl (C=O) groups excluding carboxylic acids is 1. The van der Waals surface area contributed by atoms with Gasteiger partial charge in [-0.05, 0) is 51.3 Å². The van der Waals surface area contributed by atoms with Gasteiger partial charge in [-0.1, -0.05) is 17.7 Å². The lowest BCUT2D eigenvalue weighted by molar-refractivity contribution is -0.136. The van der Waals surface area contributed by atoms with Crippen molar-refractivity contribution in [2.45, 2.75) is 51.9 Å². The van der Waals surface area contributed by atoms with Crippen molar-refractivity contribution in [3.63, 3.8) is 0 Å². The number of anilines is 1. The van der Waals surface area contributed by atoms with Crippen LogP contribution in [0.2, 0.25) is 5.02 Å². The van der Waals surface area contributed by atoms with E-state index in [2.05, 4.69) is 14.9 Å². The van der Waals surface area contributed by atoms with Gasteiger partial charge in [-0.25, -0.2) is 14.4 Å². The fourth-order valence-electron chi connectivity index (χ4n) is 4.72. The van der Waals surface area contributed by atoms with Crippen LogP contribution in [0.1, 0.15) is 50.1 Å². The smallest absolute Gasteiger partial charge is 0.226 e. The number of rotatable bonds is 6. The van der Waals surface area contributed by atoms with Crippen LogP contribution < -0.4 is 10.6 Å². The van der Waals surface area contributed by atoms with Crippen LogP contribution in [0.4, 0.5) is 10.2 Å². The van der Waals surface area contributed by atoms with E-state index >= 15 is 0 Å². The Kier molecular flexibility index (Phi) is 6.88. The van der Waals surface area contributed by atoms with Crippen molar-refractivity contribution in [3.8, 4) is 0 Å². The summed E-state index contributed by atoms with van der Waals surface area (Å²) in [6.07, 6.45) is 2.47. The van der Waals surface area contributed by atoms with E-state index in [1.165, 1.54) is 12.1 Å². The number of carbonyl (C=O) groups is 1. The molecule has 0 aliphatic carbocycles. The largest absolute Gasteiger partial charge is 0.367 e. The molecule has 33 heavy (non-hydrogen) atoms. The Hall–Kier alpha value is -2.29. The number of nitrogens with zero attached hydrogens (tertiary/aromatic N) is 4. The normalized spacial score (nSPS) is 19.5. The van der Waals surface area contributed by atoms with Crippen LogP contribution in [0.25, 0.3) is 0 Å². The summed E-state index contributed by atoms with van der Waals surface area (Å²) in [4.78, 5) is 26.5. The van der Waals surface area contributed by atoms with Gasteiger partial charge in [-0.2, -0.15) is 0 Å². The van der Waals surface area contributed by atoms with Crippen molar-refractivity contribution in [2.75, 3.05) is 31.1 Å². The fraction of sp³-hybridized carbons (Fsp3) is 0.542.